The molecule has 1 aromatic carbocycles. The second-order valence-corrected chi connectivity index (χ2v) is 4.84. The summed E-state index contributed by atoms with van der Waals surface area (Å²) >= 11 is 0. The van der Waals surface area contributed by atoms with E-state index in [0.29, 0.717) is 12.1 Å². The molecule has 0 aromatic heterocycles. The molecule has 2 rings (SSSR count). The van der Waals surface area contributed by atoms with Crippen LogP contribution >= 0.6 is 0 Å². The number of hydrogen-bond acceptors (Lipinski definition) is 3. The lowest BCUT2D eigenvalue weighted by Crippen LogP contribution is -2.36. The maximum Gasteiger partial charge on any atom is 0.118 e. The van der Waals surface area contributed by atoms with Crippen LogP contribution in [0.4, 0.5) is 0 Å². The van der Waals surface area contributed by atoms with Crippen molar-refractivity contribution in [2.75, 3.05) is 7.11 Å². The first kappa shape index (κ1) is 12.4. The lowest BCUT2D eigenvalue weighted by Gasteiger charge is -2.27. The number of rotatable bonds is 4. The minimum atomic E-state index is 0.425. The summed E-state index contributed by atoms with van der Waals surface area (Å²) in [6.45, 7) is 0.934. The zero-order valence-corrected chi connectivity index (χ0v) is 10.5. The Hall–Kier alpha value is -1.06. The molecule has 0 heterocycles. The van der Waals surface area contributed by atoms with Crippen molar-refractivity contribution in [1.82, 2.24) is 5.32 Å². The summed E-state index contributed by atoms with van der Waals surface area (Å²) in [6, 6.07) is 9.30. The van der Waals surface area contributed by atoms with Crippen LogP contribution in [0.15, 0.2) is 24.3 Å². The molecule has 0 unspecified atom stereocenters. The normalized spacial score (nSPS) is 24.6. The van der Waals surface area contributed by atoms with Crippen molar-refractivity contribution in [2.45, 2.75) is 44.3 Å². The summed E-state index contributed by atoms with van der Waals surface area (Å²) in [4.78, 5) is 0. The van der Waals surface area contributed by atoms with Gasteiger partial charge in [0.15, 0.2) is 0 Å². The molecule has 0 atom stereocenters. The first-order chi connectivity index (χ1) is 8.28. The summed E-state index contributed by atoms with van der Waals surface area (Å²) in [5, 5.41) is 3.60. The largest absolute Gasteiger partial charge is 0.497 e. The monoisotopic (exact) mass is 234 g/mol. The topological polar surface area (TPSA) is 47.3 Å². The van der Waals surface area contributed by atoms with Gasteiger partial charge in [-0.05, 0) is 43.4 Å². The second-order valence-electron chi connectivity index (χ2n) is 4.84. The van der Waals surface area contributed by atoms with Gasteiger partial charge in [0.1, 0.15) is 5.75 Å². The van der Waals surface area contributed by atoms with E-state index in [4.69, 9.17) is 10.5 Å². The zero-order chi connectivity index (χ0) is 12.1. The van der Waals surface area contributed by atoms with E-state index in [-0.39, 0.29) is 0 Å². The van der Waals surface area contributed by atoms with Gasteiger partial charge in [0.25, 0.3) is 0 Å². The molecular formula is C14H22N2O. The maximum atomic E-state index is 5.89. The van der Waals surface area contributed by atoms with Gasteiger partial charge in [-0.15, -0.1) is 0 Å². The van der Waals surface area contributed by atoms with Gasteiger partial charge >= 0.3 is 0 Å². The van der Waals surface area contributed by atoms with E-state index < -0.39 is 0 Å². The van der Waals surface area contributed by atoms with Crippen molar-refractivity contribution < 1.29 is 4.74 Å². The minimum absolute atomic E-state index is 0.425. The van der Waals surface area contributed by atoms with E-state index in [1.165, 1.54) is 18.4 Å². The van der Waals surface area contributed by atoms with Gasteiger partial charge in [0.2, 0.25) is 0 Å². The fourth-order valence-corrected chi connectivity index (χ4v) is 2.33. The molecule has 1 fully saturated rings. The first-order valence-electron chi connectivity index (χ1n) is 6.40. The van der Waals surface area contributed by atoms with E-state index >= 15 is 0 Å². The number of ether oxygens (including phenoxy) is 1. The number of nitrogens with one attached hydrogen (secondary N) is 1. The van der Waals surface area contributed by atoms with Crippen molar-refractivity contribution in [3.63, 3.8) is 0 Å². The van der Waals surface area contributed by atoms with Gasteiger partial charge in [-0.1, -0.05) is 12.1 Å². The number of nitrogens with two attached hydrogens (primary N) is 1. The highest BCUT2D eigenvalue weighted by Gasteiger charge is 2.17. The Labute approximate surface area is 103 Å². The maximum absolute atomic E-state index is 5.89. The summed E-state index contributed by atoms with van der Waals surface area (Å²) < 4.78 is 5.14. The predicted octanol–water partition coefficient (Wildman–Crippen LogP) is 2.05. The van der Waals surface area contributed by atoms with Crippen molar-refractivity contribution >= 4 is 0 Å². The van der Waals surface area contributed by atoms with Crippen molar-refractivity contribution in [1.29, 1.82) is 0 Å². The van der Waals surface area contributed by atoms with Gasteiger partial charge in [-0.25, -0.2) is 0 Å². The van der Waals surface area contributed by atoms with Crippen LogP contribution < -0.4 is 15.8 Å². The Bertz CT molecular complexity index is 329. The second kappa shape index (κ2) is 6.03. The van der Waals surface area contributed by atoms with E-state index in [1.807, 2.05) is 12.1 Å². The molecule has 1 aliphatic rings. The molecule has 1 aliphatic carbocycles. The zero-order valence-electron chi connectivity index (χ0n) is 10.5. The fraction of sp³-hybridized carbons (Fsp3) is 0.571. The van der Waals surface area contributed by atoms with Gasteiger partial charge in [0.05, 0.1) is 7.11 Å². The average molecular weight is 234 g/mol. The molecule has 17 heavy (non-hydrogen) atoms. The summed E-state index contributed by atoms with van der Waals surface area (Å²) in [6.07, 6.45) is 4.72. The lowest BCUT2D eigenvalue weighted by molar-refractivity contribution is 0.341. The molecule has 0 aliphatic heterocycles. The highest BCUT2D eigenvalue weighted by Crippen LogP contribution is 2.18. The van der Waals surface area contributed by atoms with Gasteiger partial charge in [-0.2, -0.15) is 0 Å². The number of hydrogen-bond donors (Lipinski definition) is 2. The summed E-state index contributed by atoms with van der Waals surface area (Å²) in [5.41, 5.74) is 7.20. The minimum Gasteiger partial charge on any atom is -0.497 e. The smallest absolute Gasteiger partial charge is 0.118 e. The van der Waals surface area contributed by atoms with Crippen molar-refractivity contribution in [2.24, 2.45) is 5.73 Å². The summed E-state index contributed by atoms with van der Waals surface area (Å²) in [5.74, 6) is 0.914. The van der Waals surface area contributed by atoms with E-state index in [1.54, 1.807) is 7.11 Å². The van der Waals surface area contributed by atoms with Crippen LogP contribution in [0, 0.1) is 0 Å². The summed E-state index contributed by atoms with van der Waals surface area (Å²) in [7, 11) is 1.69. The standard InChI is InChI=1S/C14H22N2O/c1-17-14-8-2-11(3-9-14)10-16-13-6-4-12(15)5-7-13/h2-3,8-9,12-13,16H,4-7,10,15H2,1H3. The van der Waals surface area contributed by atoms with Crippen LogP contribution in [0.5, 0.6) is 5.75 Å². The number of methoxy groups -OCH3 is 1. The lowest BCUT2D eigenvalue weighted by atomic mass is 9.92. The molecule has 1 aromatic rings. The van der Waals surface area contributed by atoms with Gasteiger partial charge in [0, 0.05) is 18.6 Å². The number of benzene rings is 1. The highest BCUT2D eigenvalue weighted by atomic mass is 16.5. The predicted molar refractivity (Wildman–Crippen MR) is 70.1 cm³/mol. The van der Waals surface area contributed by atoms with Crippen LogP contribution in [0.25, 0.3) is 0 Å². The molecule has 0 saturated heterocycles. The Morgan fingerprint density at radius 3 is 2.41 bits per heavy atom. The molecule has 0 radical (unpaired) electrons. The highest BCUT2D eigenvalue weighted by molar-refractivity contribution is 5.27. The van der Waals surface area contributed by atoms with Crippen LogP contribution in [0.2, 0.25) is 0 Å². The fourth-order valence-electron chi connectivity index (χ4n) is 2.33. The van der Waals surface area contributed by atoms with E-state index in [2.05, 4.69) is 17.4 Å². The third kappa shape index (κ3) is 3.72. The quantitative estimate of drug-likeness (QED) is 0.838. The molecule has 0 amide bonds. The molecule has 0 spiro atoms. The average Bonchev–Trinajstić information content (AvgIpc) is 2.39. The first-order valence-corrected chi connectivity index (χ1v) is 6.40. The Morgan fingerprint density at radius 1 is 1.18 bits per heavy atom. The van der Waals surface area contributed by atoms with Crippen molar-refractivity contribution in [3.05, 3.63) is 29.8 Å². The third-order valence-corrected chi connectivity index (χ3v) is 3.53. The van der Waals surface area contributed by atoms with Gasteiger partial charge in [-0.3, -0.25) is 0 Å². The molecule has 3 nitrogen and oxygen atoms in total. The molecular weight excluding hydrogens is 212 g/mol. The Balaban J connectivity index is 1.77. The molecule has 3 heteroatoms. The molecule has 1 saturated carbocycles. The van der Waals surface area contributed by atoms with E-state index in [0.717, 1.165) is 25.1 Å². The van der Waals surface area contributed by atoms with E-state index in [9.17, 15) is 0 Å². The van der Waals surface area contributed by atoms with Gasteiger partial charge < -0.3 is 15.8 Å². The van der Waals surface area contributed by atoms with Crippen molar-refractivity contribution in [3.8, 4) is 5.75 Å². The SMILES string of the molecule is COc1ccc(CNC2CCC(N)CC2)cc1. The molecule has 94 valence electrons. The molecule has 3 N–H and O–H groups in total. The van der Waals surface area contributed by atoms with Crippen LogP contribution in [-0.2, 0) is 6.54 Å². The Morgan fingerprint density at radius 2 is 1.82 bits per heavy atom. The third-order valence-electron chi connectivity index (χ3n) is 3.53. The Kier molecular flexibility index (Phi) is 4.40. The van der Waals surface area contributed by atoms with Crippen LogP contribution in [0.3, 0.4) is 0 Å². The van der Waals surface area contributed by atoms with Crippen LogP contribution in [0.1, 0.15) is 31.2 Å². The molecule has 0 bridgehead atoms. The van der Waals surface area contributed by atoms with Crippen LogP contribution in [-0.4, -0.2) is 19.2 Å².